The molecule has 1 fully saturated rings. The van der Waals surface area contributed by atoms with Gasteiger partial charge >= 0.3 is 6.03 Å². The molecule has 2 N–H and O–H groups in total. The van der Waals surface area contributed by atoms with Crippen molar-refractivity contribution in [1.82, 2.24) is 15.1 Å². The van der Waals surface area contributed by atoms with Gasteiger partial charge in [0.2, 0.25) is 5.01 Å². The normalized spacial score (nSPS) is 15.8. The van der Waals surface area contributed by atoms with E-state index in [-0.39, 0.29) is 17.9 Å². The molecule has 0 unspecified atom stereocenters. The standard InChI is InChI=1S/C23H25N5O3S/c1-15-10-11-19(31-2)18(13-15)25-23(30)28-12-6-7-16(14-28)21-26-27-22(32-21)20(29)24-17-8-4-3-5-9-17/h3-5,8-11,13,16H,6-7,12,14H2,1-2H3,(H,24,29)(H,25,30)/t16-/m0/s1. The molecule has 0 saturated carbocycles. The number of anilines is 2. The molecule has 1 aromatic heterocycles. The highest BCUT2D eigenvalue weighted by Gasteiger charge is 2.28. The van der Waals surface area contributed by atoms with Gasteiger partial charge in [-0.05, 0) is 49.6 Å². The van der Waals surface area contributed by atoms with Crippen LogP contribution in [0.15, 0.2) is 48.5 Å². The largest absolute Gasteiger partial charge is 0.495 e. The second-order valence-electron chi connectivity index (χ2n) is 7.68. The van der Waals surface area contributed by atoms with Crippen molar-refractivity contribution in [3.05, 3.63) is 64.1 Å². The van der Waals surface area contributed by atoms with Gasteiger partial charge in [-0.1, -0.05) is 35.6 Å². The maximum atomic E-state index is 12.9. The first-order valence-corrected chi connectivity index (χ1v) is 11.3. The Balaban J connectivity index is 1.40. The number of carbonyl (C=O) groups is 2. The minimum Gasteiger partial charge on any atom is -0.495 e. The Kier molecular flexibility index (Phi) is 6.65. The Hall–Kier alpha value is -3.46. The van der Waals surface area contributed by atoms with E-state index in [0.29, 0.717) is 35.2 Å². The van der Waals surface area contributed by atoms with Gasteiger partial charge in [0.1, 0.15) is 10.8 Å². The summed E-state index contributed by atoms with van der Waals surface area (Å²) in [5, 5.41) is 15.2. The predicted molar refractivity (Wildman–Crippen MR) is 125 cm³/mol. The highest BCUT2D eigenvalue weighted by Crippen LogP contribution is 2.31. The smallest absolute Gasteiger partial charge is 0.321 e. The first-order chi connectivity index (χ1) is 15.5. The molecule has 0 bridgehead atoms. The van der Waals surface area contributed by atoms with Gasteiger partial charge in [0.05, 0.1) is 12.8 Å². The monoisotopic (exact) mass is 451 g/mol. The van der Waals surface area contributed by atoms with Crippen LogP contribution < -0.4 is 15.4 Å². The third-order valence-corrected chi connectivity index (χ3v) is 6.41. The maximum absolute atomic E-state index is 12.9. The average molecular weight is 452 g/mol. The topological polar surface area (TPSA) is 96.4 Å². The molecule has 1 atom stereocenters. The van der Waals surface area contributed by atoms with E-state index in [4.69, 9.17) is 4.74 Å². The number of para-hydroxylation sites is 1. The molecular formula is C23H25N5O3S. The first-order valence-electron chi connectivity index (χ1n) is 10.4. The van der Waals surface area contributed by atoms with E-state index in [1.54, 1.807) is 12.0 Å². The predicted octanol–water partition coefficient (Wildman–Crippen LogP) is 4.52. The highest BCUT2D eigenvalue weighted by atomic mass is 32.1. The zero-order valence-corrected chi connectivity index (χ0v) is 18.8. The minimum atomic E-state index is -0.281. The lowest BCUT2D eigenvalue weighted by molar-refractivity contribution is 0.102. The summed E-state index contributed by atoms with van der Waals surface area (Å²) in [5.74, 6) is 0.386. The number of amides is 3. The Morgan fingerprint density at radius 2 is 1.94 bits per heavy atom. The lowest BCUT2D eigenvalue weighted by atomic mass is 9.99. The van der Waals surface area contributed by atoms with Gasteiger partial charge in [0.15, 0.2) is 0 Å². The van der Waals surface area contributed by atoms with Crippen LogP contribution in [0.25, 0.3) is 0 Å². The number of hydrogen-bond donors (Lipinski definition) is 2. The molecule has 3 amide bonds. The second kappa shape index (κ2) is 9.78. The van der Waals surface area contributed by atoms with E-state index >= 15 is 0 Å². The Morgan fingerprint density at radius 3 is 2.72 bits per heavy atom. The number of urea groups is 1. The molecule has 0 spiro atoms. The van der Waals surface area contributed by atoms with Gasteiger partial charge in [-0.2, -0.15) is 0 Å². The van der Waals surface area contributed by atoms with Crippen LogP contribution in [-0.2, 0) is 0 Å². The molecule has 0 radical (unpaired) electrons. The third-order valence-electron chi connectivity index (χ3n) is 5.32. The van der Waals surface area contributed by atoms with Gasteiger partial charge < -0.3 is 20.3 Å². The van der Waals surface area contributed by atoms with Gasteiger partial charge in [0.25, 0.3) is 5.91 Å². The molecule has 8 nitrogen and oxygen atoms in total. The van der Waals surface area contributed by atoms with Crippen molar-refractivity contribution in [1.29, 1.82) is 0 Å². The number of carbonyl (C=O) groups excluding carboxylic acids is 2. The van der Waals surface area contributed by atoms with Crippen LogP contribution in [0, 0.1) is 6.92 Å². The van der Waals surface area contributed by atoms with Crippen molar-refractivity contribution in [3.63, 3.8) is 0 Å². The van der Waals surface area contributed by atoms with Crippen molar-refractivity contribution in [2.24, 2.45) is 0 Å². The van der Waals surface area contributed by atoms with Crippen LogP contribution in [0.5, 0.6) is 5.75 Å². The van der Waals surface area contributed by atoms with Crippen molar-refractivity contribution in [3.8, 4) is 5.75 Å². The minimum absolute atomic E-state index is 0.0460. The molecular weight excluding hydrogens is 426 g/mol. The number of likely N-dealkylation sites (tertiary alicyclic amines) is 1. The number of methoxy groups -OCH3 is 1. The van der Waals surface area contributed by atoms with E-state index < -0.39 is 0 Å². The van der Waals surface area contributed by atoms with E-state index in [2.05, 4.69) is 20.8 Å². The molecule has 166 valence electrons. The molecule has 2 aromatic carbocycles. The van der Waals surface area contributed by atoms with Crippen LogP contribution in [0.4, 0.5) is 16.2 Å². The zero-order valence-electron chi connectivity index (χ0n) is 18.0. The maximum Gasteiger partial charge on any atom is 0.321 e. The number of aromatic nitrogens is 2. The van der Waals surface area contributed by atoms with Crippen LogP contribution in [0.3, 0.4) is 0 Å². The van der Waals surface area contributed by atoms with Crippen molar-refractivity contribution in [2.45, 2.75) is 25.7 Å². The number of ether oxygens (including phenoxy) is 1. The van der Waals surface area contributed by atoms with Gasteiger partial charge in [-0.15, -0.1) is 10.2 Å². The summed E-state index contributed by atoms with van der Waals surface area (Å²) in [6.45, 7) is 3.15. The van der Waals surface area contributed by atoms with E-state index in [1.165, 1.54) is 11.3 Å². The number of aryl methyl sites for hydroxylation is 1. The SMILES string of the molecule is COc1ccc(C)cc1NC(=O)N1CCC[C@H](c2nnc(C(=O)Nc3ccccc3)s2)C1. The number of benzene rings is 2. The second-order valence-corrected chi connectivity index (χ2v) is 8.69. The summed E-state index contributed by atoms with van der Waals surface area (Å²) in [6, 6.07) is 14.7. The molecule has 0 aliphatic carbocycles. The summed E-state index contributed by atoms with van der Waals surface area (Å²) >= 11 is 1.28. The molecule has 1 aliphatic rings. The van der Waals surface area contributed by atoms with Crippen LogP contribution in [-0.4, -0.2) is 47.2 Å². The van der Waals surface area contributed by atoms with Crippen molar-refractivity contribution < 1.29 is 14.3 Å². The molecule has 32 heavy (non-hydrogen) atoms. The molecule has 1 aliphatic heterocycles. The summed E-state index contributed by atoms with van der Waals surface area (Å²) in [4.78, 5) is 27.2. The van der Waals surface area contributed by atoms with E-state index in [9.17, 15) is 9.59 Å². The molecule has 9 heteroatoms. The Bertz CT molecular complexity index is 1100. The van der Waals surface area contributed by atoms with Crippen LogP contribution in [0.1, 0.15) is 39.1 Å². The van der Waals surface area contributed by atoms with Crippen LogP contribution in [0.2, 0.25) is 0 Å². The van der Waals surface area contributed by atoms with Gasteiger partial charge in [-0.25, -0.2) is 4.79 Å². The molecule has 2 heterocycles. The van der Waals surface area contributed by atoms with Crippen molar-refractivity contribution in [2.75, 3.05) is 30.8 Å². The highest BCUT2D eigenvalue weighted by molar-refractivity contribution is 7.13. The zero-order chi connectivity index (χ0) is 22.5. The number of piperidine rings is 1. The van der Waals surface area contributed by atoms with E-state index in [0.717, 1.165) is 23.4 Å². The lowest BCUT2D eigenvalue weighted by Crippen LogP contribution is -2.41. The fourth-order valence-electron chi connectivity index (χ4n) is 3.67. The quantitative estimate of drug-likeness (QED) is 0.595. The third kappa shape index (κ3) is 5.05. The lowest BCUT2D eigenvalue weighted by Gasteiger charge is -2.31. The molecule has 1 saturated heterocycles. The summed E-state index contributed by atoms with van der Waals surface area (Å²) in [7, 11) is 1.58. The number of nitrogens with zero attached hydrogens (tertiary/aromatic N) is 3. The van der Waals surface area contributed by atoms with Gasteiger partial charge in [0, 0.05) is 24.7 Å². The summed E-state index contributed by atoms with van der Waals surface area (Å²) in [5.41, 5.74) is 2.39. The first kappa shape index (κ1) is 21.8. The summed E-state index contributed by atoms with van der Waals surface area (Å²) < 4.78 is 5.36. The van der Waals surface area contributed by atoms with Crippen LogP contribution >= 0.6 is 11.3 Å². The molecule has 4 rings (SSSR count). The molecule has 3 aromatic rings. The van der Waals surface area contributed by atoms with Crippen molar-refractivity contribution >= 4 is 34.6 Å². The average Bonchev–Trinajstić information content (AvgIpc) is 3.31. The number of nitrogens with one attached hydrogen (secondary N) is 2. The fraction of sp³-hybridized carbons (Fsp3) is 0.304. The number of rotatable bonds is 5. The fourth-order valence-corrected chi connectivity index (χ4v) is 4.54. The Morgan fingerprint density at radius 1 is 1.12 bits per heavy atom. The summed E-state index contributed by atoms with van der Waals surface area (Å²) in [6.07, 6.45) is 1.75. The van der Waals surface area contributed by atoms with E-state index in [1.807, 2.05) is 55.5 Å². The number of hydrogen-bond acceptors (Lipinski definition) is 6. The van der Waals surface area contributed by atoms with Gasteiger partial charge in [-0.3, -0.25) is 4.79 Å². The Labute approximate surface area is 190 Å².